The van der Waals surface area contributed by atoms with Crippen molar-refractivity contribution in [1.29, 1.82) is 0 Å². The van der Waals surface area contributed by atoms with E-state index in [4.69, 9.17) is 10.5 Å². The molecular weight excluding hydrogens is 269 g/mol. The SMILES string of the molecule is CCCCCCNC(N)=NCC(C)Oc1ccccc1F. The van der Waals surface area contributed by atoms with E-state index in [1.165, 1.54) is 25.3 Å². The van der Waals surface area contributed by atoms with Gasteiger partial charge >= 0.3 is 0 Å². The van der Waals surface area contributed by atoms with E-state index in [1.54, 1.807) is 18.2 Å². The summed E-state index contributed by atoms with van der Waals surface area (Å²) in [7, 11) is 0. The van der Waals surface area contributed by atoms with Crippen LogP contribution >= 0.6 is 0 Å². The number of ether oxygens (including phenoxy) is 1. The van der Waals surface area contributed by atoms with Crippen LogP contribution in [0.2, 0.25) is 0 Å². The molecule has 0 saturated carbocycles. The van der Waals surface area contributed by atoms with Crippen LogP contribution in [0, 0.1) is 5.82 Å². The first-order valence-corrected chi connectivity index (χ1v) is 7.58. The third-order valence-corrected chi connectivity index (χ3v) is 3.02. The maximum absolute atomic E-state index is 13.4. The quantitative estimate of drug-likeness (QED) is 0.418. The van der Waals surface area contributed by atoms with Crippen molar-refractivity contribution in [3.8, 4) is 5.75 Å². The van der Waals surface area contributed by atoms with Crippen molar-refractivity contribution in [3.05, 3.63) is 30.1 Å². The molecule has 1 aromatic carbocycles. The van der Waals surface area contributed by atoms with Gasteiger partial charge in [0.05, 0.1) is 6.54 Å². The molecule has 0 saturated heterocycles. The number of rotatable bonds is 9. The summed E-state index contributed by atoms with van der Waals surface area (Å²) in [5, 5.41) is 3.07. The minimum absolute atomic E-state index is 0.234. The van der Waals surface area contributed by atoms with E-state index in [0.717, 1.165) is 13.0 Å². The van der Waals surface area contributed by atoms with Crippen molar-refractivity contribution in [3.63, 3.8) is 0 Å². The number of hydrogen-bond donors (Lipinski definition) is 2. The summed E-state index contributed by atoms with van der Waals surface area (Å²) < 4.78 is 18.9. The number of nitrogens with two attached hydrogens (primary N) is 1. The molecule has 1 aromatic rings. The Morgan fingerprint density at radius 2 is 2.10 bits per heavy atom. The van der Waals surface area contributed by atoms with Gasteiger partial charge in [-0.25, -0.2) is 9.38 Å². The average Bonchev–Trinajstić information content (AvgIpc) is 2.47. The minimum Gasteiger partial charge on any atom is -0.486 e. The summed E-state index contributed by atoms with van der Waals surface area (Å²) in [5.74, 6) is 0.289. The van der Waals surface area contributed by atoms with Crippen LogP contribution in [0.3, 0.4) is 0 Å². The molecule has 3 N–H and O–H groups in total. The zero-order valence-electron chi connectivity index (χ0n) is 12.9. The van der Waals surface area contributed by atoms with Gasteiger partial charge in [-0.15, -0.1) is 0 Å². The van der Waals surface area contributed by atoms with Gasteiger partial charge in [-0.2, -0.15) is 0 Å². The van der Waals surface area contributed by atoms with Crippen molar-refractivity contribution >= 4 is 5.96 Å². The van der Waals surface area contributed by atoms with E-state index >= 15 is 0 Å². The Hall–Kier alpha value is -1.78. The Morgan fingerprint density at radius 3 is 2.81 bits per heavy atom. The number of unbranched alkanes of at least 4 members (excludes halogenated alkanes) is 3. The molecular formula is C16H26FN3O. The number of halogens is 1. The fourth-order valence-electron chi connectivity index (χ4n) is 1.85. The van der Waals surface area contributed by atoms with Gasteiger partial charge in [0.1, 0.15) is 6.10 Å². The monoisotopic (exact) mass is 295 g/mol. The highest BCUT2D eigenvalue weighted by Crippen LogP contribution is 2.16. The van der Waals surface area contributed by atoms with Gasteiger partial charge in [-0.05, 0) is 25.5 Å². The Balaban J connectivity index is 2.26. The van der Waals surface area contributed by atoms with Crippen LogP contribution < -0.4 is 15.8 Å². The summed E-state index contributed by atoms with van der Waals surface area (Å²) in [6.07, 6.45) is 4.51. The van der Waals surface area contributed by atoms with Gasteiger partial charge in [0.2, 0.25) is 0 Å². The van der Waals surface area contributed by atoms with Gasteiger partial charge < -0.3 is 15.8 Å². The normalized spacial score (nSPS) is 13.0. The summed E-state index contributed by atoms with van der Waals surface area (Å²) >= 11 is 0. The highest BCUT2D eigenvalue weighted by atomic mass is 19.1. The number of para-hydroxylation sites is 1. The topological polar surface area (TPSA) is 59.6 Å². The molecule has 0 aliphatic rings. The lowest BCUT2D eigenvalue weighted by molar-refractivity contribution is 0.220. The summed E-state index contributed by atoms with van der Waals surface area (Å²) in [4.78, 5) is 4.20. The third kappa shape index (κ3) is 7.54. The molecule has 0 fully saturated rings. The molecule has 1 unspecified atom stereocenters. The Labute approximate surface area is 126 Å². The number of guanidine groups is 1. The van der Waals surface area contributed by atoms with Crippen molar-refractivity contribution in [2.75, 3.05) is 13.1 Å². The first-order valence-electron chi connectivity index (χ1n) is 7.58. The molecule has 1 atom stereocenters. The predicted molar refractivity (Wildman–Crippen MR) is 85.1 cm³/mol. The van der Waals surface area contributed by atoms with Gasteiger partial charge in [-0.3, -0.25) is 0 Å². The molecule has 0 bridgehead atoms. The Morgan fingerprint density at radius 1 is 1.33 bits per heavy atom. The van der Waals surface area contributed by atoms with Crippen LogP contribution in [0.5, 0.6) is 5.75 Å². The van der Waals surface area contributed by atoms with E-state index < -0.39 is 0 Å². The predicted octanol–water partition coefficient (Wildman–Crippen LogP) is 3.08. The summed E-state index contributed by atoms with van der Waals surface area (Å²) in [6, 6.07) is 6.34. The highest BCUT2D eigenvalue weighted by molar-refractivity contribution is 5.77. The average molecular weight is 295 g/mol. The fourth-order valence-corrected chi connectivity index (χ4v) is 1.85. The molecule has 4 nitrogen and oxygen atoms in total. The number of nitrogens with zero attached hydrogens (tertiary/aromatic N) is 1. The molecule has 0 aliphatic carbocycles. The lowest BCUT2D eigenvalue weighted by Gasteiger charge is -2.13. The van der Waals surface area contributed by atoms with Crippen LogP contribution in [-0.4, -0.2) is 25.2 Å². The second kappa shape index (κ2) is 10.0. The van der Waals surface area contributed by atoms with Crippen molar-refractivity contribution < 1.29 is 9.13 Å². The first kappa shape index (κ1) is 17.3. The van der Waals surface area contributed by atoms with Crippen LogP contribution in [0.25, 0.3) is 0 Å². The van der Waals surface area contributed by atoms with Crippen molar-refractivity contribution in [1.82, 2.24) is 5.32 Å². The minimum atomic E-state index is -0.365. The molecule has 21 heavy (non-hydrogen) atoms. The van der Waals surface area contributed by atoms with E-state index in [1.807, 2.05) is 6.92 Å². The van der Waals surface area contributed by atoms with E-state index in [2.05, 4.69) is 17.2 Å². The second-order valence-electron chi connectivity index (χ2n) is 5.07. The van der Waals surface area contributed by atoms with Crippen LogP contribution in [0.1, 0.15) is 39.5 Å². The van der Waals surface area contributed by atoms with Gasteiger partial charge in [-0.1, -0.05) is 38.3 Å². The Bertz CT molecular complexity index is 437. The molecule has 0 spiro atoms. The summed E-state index contributed by atoms with van der Waals surface area (Å²) in [6.45, 7) is 5.24. The zero-order chi connectivity index (χ0) is 15.5. The fraction of sp³-hybridized carbons (Fsp3) is 0.562. The lowest BCUT2D eigenvalue weighted by atomic mass is 10.2. The van der Waals surface area contributed by atoms with Gasteiger partial charge in [0.25, 0.3) is 0 Å². The number of benzene rings is 1. The van der Waals surface area contributed by atoms with Crippen LogP contribution in [-0.2, 0) is 0 Å². The van der Waals surface area contributed by atoms with Crippen LogP contribution in [0.15, 0.2) is 29.3 Å². The molecule has 0 aliphatic heterocycles. The standard InChI is InChI=1S/C16H26FN3O/c1-3-4-5-8-11-19-16(18)20-12-13(2)21-15-10-7-6-9-14(15)17/h6-7,9-10,13H,3-5,8,11-12H2,1-2H3,(H3,18,19,20). The molecule has 0 heterocycles. The smallest absolute Gasteiger partial charge is 0.188 e. The third-order valence-electron chi connectivity index (χ3n) is 3.02. The maximum Gasteiger partial charge on any atom is 0.188 e. The maximum atomic E-state index is 13.4. The van der Waals surface area contributed by atoms with Crippen molar-refractivity contribution in [2.45, 2.75) is 45.6 Å². The zero-order valence-corrected chi connectivity index (χ0v) is 12.9. The largest absolute Gasteiger partial charge is 0.486 e. The van der Waals surface area contributed by atoms with Crippen LogP contribution in [0.4, 0.5) is 4.39 Å². The number of aliphatic imine (C=N–C) groups is 1. The molecule has 1 rings (SSSR count). The molecule has 5 heteroatoms. The lowest BCUT2D eigenvalue weighted by Crippen LogP contribution is -2.33. The second-order valence-corrected chi connectivity index (χ2v) is 5.07. The highest BCUT2D eigenvalue weighted by Gasteiger charge is 2.07. The van der Waals surface area contributed by atoms with Crippen molar-refractivity contribution in [2.24, 2.45) is 10.7 Å². The molecule has 0 aromatic heterocycles. The molecule has 0 radical (unpaired) electrons. The van der Waals surface area contributed by atoms with Gasteiger partial charge in [0, 0.05) is 6.54 Å². The molecule has 118 valence electrons. The number of hydrogen-bond acceptors (Lipinski definition) is 2. The van der Waals surface area contributed by atoms with E-state index in [0.29, 0.717) is 12.5 Å². The number of nitrogens with one attached hydrogen (secondary N) is 1. The summed E-state index contributed by atoms with van der Waals surface area (Å²) in [5.41, 5.74) is 5.77. The van der Waals surface area contributed by atoms with E-state index in [9.17, 15) is 4.39 Å². The van der Waals surface area contributed by atoms with E-state index in [-0.39, 0.29) is 17.7 Å². The first-order chi connectivity index (χ1) is 10.1. The van der Waals surface area contributed by atoms with Gasteiger partial charge in [0.15, 0.2) is 17.5 Å². The Kier molecular flexibility index (Phi) is 8.24. The molecule has 0 amide bonds.